The molecular weight excluding hydrogens is 200 g/mol. The minimum atomic E-state index is -0.140. The van der Waals surface area contributed by atoms with Gasteiger partial charge < -0.3 is 4.79 Å². The summed E-state index contributed by atoms with van der Waals surface area (Å²) >= 11 is 0. The topological polar surface area (TPSA) is 34.1 Å². The quantitative estimate of drug-likeness (QED) is 0.689. The van der Waals surface area contributed by atoms with Crippen molar-refractivity contribution < 1.29 is 9.59 Å². The fourth-order valence-corrected chi connectivity index (χ4v) is 2.38. The summed E-state index contributed by atoms with van der Waals surface area (Å²) in [6, 6.07) is 0. The van der Waals surface area contributed by atoms with Crippen LogP contribution < -0.4 is 0 Å². The maximum atomic E-state index is 11.8. The van der Waals surface area contributed by atoms with Crippen LogP contribution in [0.5, 0.6) is 0 Å². The number of Topliss-reactive ketones (excluding diaryl/α,β-unsaturated/α-hetero) is 1. The molecule has 1 aliphatic carbocycles. The molecule has 16 heavy (non-hydrogen) atoms. The van der Waals surface area contributed by atoms with Crippen LogP contribution in [0.2, 0.25) is 0 Å². The first-order valence-electron chi connectivity index (χ1n) is 6.43. The van der Waals surface area contributed by atoms with Gasteiger partial charge in [-0.15, -0.1) is 0 Å². The van der Waals surface area contributed by atoms with Gasteiger partial charge in [-0.05, 0) is 24.2 Å². The average Bonchev–Trinajstić information content (AvgIpc) is 2.19. The second-order valence-electron chi connectivity index (χ2n) is 5.26. The Morgan fingerprint density at radius 3 is 2.31 bits per heavy atom. The van der Waals surface area contributed by atoms with Gasteiger partial charge in [-0.3, -0.25) is 4.79 Å². The minimum Gasteiger partial charge on any atom is -0.303 e. The van der Waals surface area contributed by atoms with Crippen LogP contribution in [0, 0.1) is 17.3 Å². The van der Waals surface area contributed by atoms with Crippen molar-refractivity contribution in [1.29, 1.82) is 0 Å². The molecule has 0 aromatic heterocycles. The van der Waals surface area contributed by atoms with E-state index in [1.54, 1.807) is 0 Å². The van der Waals surface area contributed by atoms with Crippen LogP contribution >= 0.6 is 0 Å². The summed E-state index contributed by atoms with van der Waals surface area (Å²) in [5.74, 6) is 0.991. The fraction of sp³-hybridized carbons (Fsp3) is 0.857. The first-order valence-corrected chi connectivity index (χ1v) is 6.43. The van der Waals surface area contributed by atoms with Crippen molar-refractivity contribution in [1.82, 2.24) is 0 Å². The molecule has 1 fully saturated rings. The molecule has 2 unspecified atom stereocenters. The van der Waals surface area contributed by atoms with Crippen molar-refractivity contribution >= 4 is 12.1 Å². The maximum Gasteiger partial charge on any atom is 0.136 e. The van der Waals surface area contributed by atoms with E-state index in [1.807, 2.05) is 27.7 Å². The first-order chi connectivity index (χ1) is 7.47. The zero-order valence-corrected chi connectivity index (χ0v) is 11.4. The molecule has 1 rings (SSSR count). The van der Waals surface area contributed by atoms with Crippen molar-refractivity contribution in [2.24, 2.45) is 17.3 Å². The van der Waals surface area contributed by atoms with Gasteiger partial charge in [-0.25, -0.2) is 0 Å². The molecule has 94 valence electrons. The van der Waals surface area contributed by atoms with Gasteiger partial charge >= 0.3 is 0 Å². The van der Waals surface area contributed by atoms with Crippen LogP contribution in [0.4, 0.5) is 0 Å². The first kappa shape index (κ1) is 15.3. The third kappa shape index (κ3) is 4.07. The van der Waals surface area contributed by atoms with E-state index in [2.05, 4.69) is 6.92 Å². The Balaban J connectivity index is 0.00000106. The average molecular weight is 226 g/mol. The Morgan fingerprint density at radius 2 is 1.88 bits per heavy atom. The van der Waals surface area contributed by atoms with E-state index in [0.717, 1.165) is 19.1 Å². The summed E-state index contributed by atoms with van der Waals surface area (Å²) in [5.41, 5.74) is -0.140. The molecule has 2 heteroatoms. The fourth-order valence-electron chi connectivity index (χ4n) is 2.38. The molecule has 0 radical (unpaired) electrons. The molecule has 0 heterocycles. The maximum absolute atomic E-state index is 11.8. The number of carbonyl (C=O) groups excluding carboxylic acids is 2. The van der Waals surface area contributed by atoms with Crippen molar-refractivity contribution in [3.8, 4) is 0 Å². The molecule has 0 spiro atoms. The summed E-state index contributed by atoms with van der Waals surface area (Å²) in [6.45, 7) is 10.2. The van der Waals surface area contributed by atoms with Crippen LogP contribution in [0.25, 0.3) is 0 Å². The van der Waals surface area contributed by atoms with E-state index in [4.69, 9.17) is 0 Å². The van der Waals surface area contributed by atoms with E-state index in [0.29, 0.717) is 24.5 Å². The van der Waals surface area contributed by atoms with Crippen molar-refractivity contribution in [3.05, 3.63) is 0 Å². The zero-order chi connectivity index (χ0) is 12.8. The third-order valence-electron chi connectivity index (χ3n) is 3.44. The molecule has 0 N–H and O–H groups in total. The molecule has 2 nitrogen and oxygen atoms in total. The van der Waals surface area contributed by atoms with E-state index in [-0.39, 0.29) is 11.3 Å². The predicted molar refractivity (Wildman–Crippen MR) is 67.3 cm³/mol. The lowest BCUT2D eigenvalue weighted by molar-refractivity contribution is -0.130. The number of carbonyl (C=O) groups is 2. The lowest BCUT2D eigenvalue weighted by Crippen LogP contribution is -2.35. The Kier molecular flexibility index (Phi) is 6.54. The Hall–Kier alpha value is -0.660. The molecule has 1 aliphatic rings. The van der Waals surface area contributed by atoms with E-state index in [9.17, 15) is 9.59 Å². The molecule has 0 aromatic rings. The summed E-state index contributed by atoms with van der Waals surface area (Å²) < 4.78 is 0. The number of rotatable bonds is 3. The Labute approximate surface area is 99.8 Å². The highest BCUT2D eigenvalue weighted by atomic mass is 16.1. The molecule has 0 bridgehead atoms. The van der Waals surface area contributed by atoms with Crippen molar-refractivity contribution in [2.45, 2.75) is 60.3 Å². The number of aldehydes is 1. The van der Waals surface area contributed by atoms with Crippen molar-refractivity contribution in [2.75, 3.05) is 0 Å². The van der Waals surface area contributed by atoms with Gasteiger partial charge in [0.25, 0.3) is 0 Å². The van der Waals surface area contributed by atoms with Crippen LogP contribution in [0.1, 0.15) is 60.3 Å². The highest BCUT2D eigenvalue weighted by molar-refractivity contribution is 5.83. The lowest BCUT2D eigenvalue weighted by Gasteiger charge is -2.36. The minimum absolute atomic E-state index is 0.101. The largest absolute Gasteiger partial charge is 0.303 e. The van der Waals surface area contributed by atoms with Crippen LogP contribution in [-0.2, 0) is 9.59 Å². The molecule has 2 atom stereocenters. The number of hydrogen-bond donors (Lipinski definition) is 0. The van der Waals surface area contributed by atoms with Gasteiger partial charge in [-0.1, -0.05) is 34.6 Å². The summed E-state index contributed by atoms with van der Waals surface area (Å²) in [5, 5.41) is 0. The molecular formula is C14H26O2. The van der Waals surface area contributed by atoms with Gasteiger partial charge in [0.1, 0.15) is 12.1 Å². The predicted octanol–water partition coefficient (Wildman–Crippen LogP) is 3.63. The normalized spacial score (nSPS) is 25.7. The molecule has 0 saturated heterocycles. The summed E-state index contributed by atoms with van der Waals surface area (Å²) in [7, 11) is 0. The summed E-state index contributed by atoms with van der Waals surface area (Å²) in [6.07, 6.45) is 4.22. The Bertz CT molecular complexity index is 231. The van der Waals surface area contributed by atoms with Gasteiger partial charge in [0.15, 0.2) is 0 Å². The molecule has 1 saturated carbocycles. The smallest absolute Gasteiger partial charge is 0.136 e. The highest BCUT2D eigenvalue weighted by Crippen LogP contribution is 2.39. The summed E-state index contributed by atoms with van der Waals surface area (Å²) in [4.78, 5) is 22.3. The van der Waals surface area contributed by atoms with Crippen LogP contribution in [0.3, 0.4) is 0 Å². The standard InChI is InChI=1S/C12H20O2.C2H6/c1-9-4-5-10(11(14)8-9)12(2,3)6-7-13;1-2/h7,9-10H,4-6,8H2,1-3H3;1-2H3. The van der Waals surface area contributed by atoms with Gasteiger partial charge in [0, 0.05) is 18.8 Å². The van der Waals surface area contributed by atoms with Crippen LogP contribution in [0.15, 0.2) is 0 Å². The zero-order valence-electron chi connectivity index (χ0n) is 11.4. The number of hydrogen-bond acceptors (Lipinski definition) is 2. The number of ketones is 1. The lowest BCUT2D eigenvalue weighted by atomic mass is 9.67. The van der Waals surface area contributed by atoms with Crippen LogP contribution in [-0.4, -0.2) is 12.1 Å². The third-order valence-corrected chi connectivity index (χ3v) is 3.44. The molecule has 0 amide bonds. The van der Waals surface area contributed by atoms with Gasteiger partial charge in [-0.2, -0.15) is 0 Å². The molecule has 0 aliphatic heterocycles. The van der Waals surface area contributed by atoms with E-state index in [1.165, 1.54) is 0 Å². The monoisotopic (exact) mass is 226 g/mol. The van der Waals surface area contributed by atoms with E-state index >= 15 is 0 Å². The molecule has 0 aromatic carbocycles. The van der Waals surface area contributed by atoms with Gasteiger partial charge in [0.05, 0.1) is 0 Å². The van der Waals surface area contributed by atoms with Crippen molar-refractivity contribution in [3.63, 3.8) is 0 Å². The van der Waals surface area contributed by atoms with E-state index < -0.39 is 0 Å². The second-order valence-corrected chi connectivity index (χ2v) is 5.26. The highest BCUT2D eigenvalue weighted by Gasteiger charge is 2.37. The second kappa shape index (κ2) is 6.82. The SMILES string of the molecule is CC.CC1CCC(C(C)(C)CC=O)C(=O)C1. The Morgan fingerprint density at radius 1 is 1.31 bits per heavy atom. The van der Waals surface area contributed by atoms with Gasteiger partial charge in [0.2, 0.25) is 0 Å².